The fourth-order valence-electron chi connectivity index (χ4n) is 5.80. The molecule has 0 aromatic heterocycles. The number of carbonyl (C=O) groups excluding carboxylic acids is 1. The minimum absolute atomic E-state index is 0.0634. The van der Waals surface area contributed by atoms with Crippen molar-refractivity contribution in [2.45, 2.75) is 206 Å². The number of rotatable bonds is 40. The molecule has 0 heterocycles. The van der Waals surface area contributed by atoms with E-state index in [9.17, 15) is 14.3 Å². The van der Waals surface area contributed by atoms with Gasteiger partial charge >= 0.3 is 13.8 Å². The molecule has 0 bridgehead atoms. The summed E-state index contributed by atoms with van der Waals surface area (Å²) in [5.74, 6) is -0.293. The smallest absolute Gasteiger partial charge is 0.472 e. The van der Waals surface area contributed by atoms with E-state index < -0.39 is 13.9 Å². The van der Waals surface area contributed by atoms with Gasteiger partial charge in [-0.3, -0.25) is 13.8 Å². The highest BCUT2D eigenvalue weighted by Gasteiger charge is 2.24. The third-order valence-electron chi connectivity index (χ3n) is 8.96. The molecule has 0 aliphatic carbocycles. The fourth-order valence-corrected chi connectivity index (χ4v) is 6.56. The maximum Gasteiger partial charge on any atom is 0.472 e. The predicted molar refractivity (Wildman–Crippen MR) is 210 cm³/mol. The van der Waals surface area contributed by atoms with Crippen molar-refractivity contribution < 1.29 is 32.8 Å². The van der Waals surface area contributed by atoms with E-state index in [1.54, 1.807) is 6.26 Å². The lowest BCUT2D eigenvalue weighted by atomic mass is 10.0. The molecule has 296 valence electrons. The van der Waals surface area contributed by atoms with Gasteiger partial charge in [0.1, 0.15) is 6.61 Å². The van der Waals surface area contributed by atoms with Crippen LogP contribution in [0.15, 0.2) is 24.5 Å². The standard InChI is InChI=1S/C41H80NO7P/c1-3-5-7-9-11-13-15-17-19-20-21-22-24-26-28-30-32-34-41(43)47-38-40(39-49-50(44,45)48-37-35-42)46-36-33-31-29-27-25-23-18-16-14-12-10-8-6-4-2/h17,19,33,36,40H,3-16,18,20-32,34-35,37-39,42H2,1-2H3,(H,44,45). The zero-order chi connectivity index (χ0) is 36.6. The molecule has 8 nitrogen and oxygen atoms in total. The third kappa shape index (κ3) is 38.1. The van der Waals surface area contributed by atoms with Gasteiger partial charge in [-0.1, -0.05) is 161 Å². The molecule has 2 unspecified atom stereocenters. The van der Waals surface area contributed by atoms with Crippen molar-refractivity contribution in [3.05, 3.63) is 24.5 Å². The Labute approximate surface area is 308 Å². The van der Waals surface area contributed by atoms with Crippen LogP contribution in [0.1, 0.15) is 200 Å². The number of esters is 1. The Morgan fingerprint density at radius 2 is 1.02 bits per heavy atom. The molecule has 0 saturated heterocycles. The van der Waals surface area contributed by atoms with E-state index in [-0.39, 0.29) is 32.3 Å². The van der Waals surface area contributed by atoms with Gasteiger partial charge in [0, 0.05) is 13.0 Å². The highest BCUT2D eigenvalue weighted by molar-refractivity contribution is 7.47. The topological polar surface area (TPSA) is 117 Å². The first-order valence-electron chi connectivity index (χ1n) is 20.9. The van der Waals surface area contributed by atoms with Gasteiger partial charge in [0.05, 0.1) is 19.5 Å². The summed E-state index contributed by atoms with van der Waals surface area (Å²) in [4.78, 5) is 22.2. The SMILES string of the molecule is CCCCCCCCC=CCCCCCCCCCC(=O)OCC(COP(=O)(O)OCCN)OC=CCCCCCCCCCCCCCC. The number of nitrogens with two attached hydrogens (primary N) is 1. The van der Waals surface area contributed by atoms with Gasteiger partial charge in [0.25, 0.3) is 0 Å². The van der Waals surface area contributed by atoms with Gasteiger partial charge in [-0.15, -0.1) is 0 Å². The van der Waals surface area contributed by atoms with E-state index in [0.29, 0.717) is 6.42 Å². The first kappa shape index (κ1) is 48.8. The summed E-state index contributed by atoms with van der Waals surface area (Å²) >= 11 is 0. The highest BCUT2D eigenvalue weighted by atomic mass is 31.2. The largest absolute Gasteiger partial charge is 0.492 e. The second kappa shape index (κ2) is 39.0. The molecule has 0 amide bonds. The average molecular weight is 730 g/mol. The summed E-state index contributed by atoms with van der Waals surface area (Å²) in [7, 11) is -4.26. The molecule has 0 fully saturated rings. The van der Waals surface area contributed by atoms with Crippen molar-refractivity contribution in [1.29, 1.82) is 0 Å². The zero-order valence-electron chi connectivity index (χ0n) is 32.6. The van der Waals surface area contributed by atoms with Gasteiger partial charge in [-0.25, -0.2) is 4.57 Å². The van der Waals surface area contributed by atoms with Gasteiger partial charge in [0.2, 0.25) is 0 Å². The Bertz CT molecular complexity index is 823. The van der Waals surface area contributed by atoms with Crippen LogP contribution in [0, 0.1) is 0 Å². The number of ether oxygens (including phenoxy) is 2. The van der Waals surface area contributed by atoms with Crippen molar-refractivity contribution in [2.75, 3.05) is 26.4 Å². The molecule has 0 spiro atoms. The Morgan fingerprint density at radius 3 is 1.48 bits per heavy atom. The lowest BCUT2D eigenvalue weighted by molar-refractivity contribution is -0.147. The second-order valence-corrected chi connectivity index (χ2v) is 15.4. The van der Waals surface area contributed by atoms with E-state index in [0.717, 1.165) is 32.1 Å². The Morgan fingerprint density at radius 1 is 0.600 bits per heavy atom. The maximum absolute atomic E-state index is 12.4. The van der Waals surface area contributed by atoms with E-state index in [2.05, 4.69) is 26.0 Å². The van der Waals surface area contributed by atoms with Gasteiger partial charge in [0.15, 0.2) is 6.10 Å². The van der Waals surface area contributed by atoms with Crippen molar-refractivity contribution in [1.82, 2.24) is 0 Å². The molecule has 0 saturated carbocycles. The number of allylic oxidation sites excluding steroid dienone is 3. The summed E-state index contributed by atoms with van der Waals surface area (Å²) in [6, 6.07) is 0. The molecule has 2 atom stereocenters. The van der Waals surface area contributed by atoms with Crippen molar-refractivity contribution in [3.8, 4) is 0 Å². The highest BCUT2D eigenvalue weighted by Crippen LogP contribution is 2.43. The molecule has 0 radical (unpaired) electrons. The van der Waals surface area contributed by atoms with Crippen LogP contribution in [-0.4, -0.2) is 43.3 Å². The number of phosphoric acid groups is 1. The molecule has 0 aromatic carbocycles. The molecule has 0 aromatic rings. The monoisotopic (exact) mass is 730 g/mol. The Balaban J connectivity index is 4.07. The van der Waals surface area contributed by atoms with Gasteiger partial charge in [-0.05, 0) is 51.0 Å². The average Bonchev–Trinajstić information content (AvgIpc) is 3.11. The lowest BCUT2D eigenvalue weighted by Gasteiger charge is -2.19. The minimum Gasteiger partial charge on any atom is -0.492 e. The van der Waals surface area contributed by atoms with Crippen LogP contribution >= 0.6 is 7.82 Å². The van der Waals surface area contributed by atoms with E-state index in [4.69, 9.17) is 24.3 Å². The summed E-state index contributed by atoms with van der Waals surface area (Å²) in [5, 5.41) is 0. The van der Waals surface area contributed by atoms with Crippen molar-refractivity contribution in [2.24, 2.45) is 5.73 Å². The summed E-state index contributed by atoms with van der Waals surface area (Å²) in [6.07, 6.45) is 42.9. The molecular formula is C41H80NO7P. The predicted octanol–water partition coefficient (Wildman–Crippen LogP) is 12.4. The maximum atomic E-state index is 12.4. The number of phosphoric ester groups is 1. The van der Waals surface area contributed by atoms with Crippen LogP contribution in [0.2, 0.25) is 0 Å². The number of unbranched alkanes of at least 4 members (excludes halogenated alkanes) is 25. The second-order valence-electron chi connectivity index (χ2n) is 13.9. The van der Waals surface area contributed by atoms with E-state index in [1.807, 2.05) is 6.08 Å². The Kier molecular flexibility index (Phi) is 38.1. The number of hydrogen-bond acceptors (Lipinski definition) is 7. The zero-order valence-corrected chi connectivity index (χ0v) is 33.5. The van der Waals surface area contributed by atoms with Crippen LogP contribution in [0.3, 0.4) is 0 Å². The van der Waals surface area contributed by atoms with E-state index in [1.165, 1.54) is 148 Å². The van der Waals surface area contributed by atoms with Crippen LogP contribution < -0.4 is 5.73 Å². The molecule has 9 heteroatoms. The van der Waals surface area contributed by atoms with Gasteiger partial charge in [-0.2, -0.15) is 0 Å². The van der Waals surface area contributed by atoms with Crippen LogP contribution in [-0.2, 0) is 27.9 Å². The summed E-state index contributed by atoms with van der Waals surface area (Å²) < 4.78 is 33.1. The van der Waals surface area contributed by atoms with Crippen LogP contribution in [0.4, 0.5) is 0 Å². The molecule has 0 aliphatic heterocycles. The fraction of sp³-hybridized carbons (Fsp3) is 0.878. The summed E-state index contributed by atoms with van der Waals surface area (Å²) in [6.45, 7) is 4.22. The number of carbonyl (C=O) groups is 1. The molecule has 3 N–H and O–H groups in total. The van der Waals surface area contributed by atoms with Gasteiger partial charge < -0.3 is 20.1 Å². The first-order valence-corrected chi connectivity index (χ1v) is 22.4. The minimum atomic E-state index is -4.26. The molecule has 50 heavy (non-hydrogen) atoms. The lowest BCUT2D eigenvalue weighted by Crippen LogP contribution is -2.25. The van der Waals surface area contributed by atoms with Crippen LogP contribution in [0.25, 0.3) is 0 Å². The number of hydrogen-bond donors (Lipinski definition) is 2. The molecular weight excluding hydrogens is 649 g/mol. The molecule has 0 rings (SSSR count). The Hall–Kier alpha value is -1.18. The summed E-state index contributed by atoms with van der Waals surface area (Å²) in [5.41, 5.74) is 5.36. The first-order chi connectivity index (χ1) is 24.4. The van der Waals surface area contributed by atoms with Crippen LogP contribution in [0.5, 0.6) is 0 Å². The third-order valence-corrected chi connectivity index (χ3v) is 9.94. The quantitative estimate of drug-likeness (QED) is 0.0210. The van der Waals surface area contributed by atoms with E-state index >= 15 is 0 Å². The molecule has 0 aliphatic rings. The van der Waals surface area contributed by atoms with Crippen molar-refractivity contribution in [3.63, 3.8) is 0 Å². The van der Waals surface area contributed by atoms with Crippen molar-refractivity contribution >= 4 is 13.8 Å². The normalized spacial score (nSPS) is 13.7.